The molecule has 11 heteroatoms. The minimum absolute atomic E-state index is 0.290. The van der Waals surface area contributed by atoms with Gasteiger partial charge in [0.05, 0.1) is 13.7 Å². The van der Waals surface area contributed by atoms with E-state index < -0.39 is 15.6 Å². The van der Waals surface area contributed by atoms with Crippen molar-refractivity contribution in [2.24, 2.45) is 0 Å². The van der Waals surface area contributed by atoms with E-state index in [-0.39, 0.29) is 6.61 Å². The predicted molar refractivity (Wildman–Crippen MR) is 107 cm³/mol. The van der Waals surface area contributed by atoms with Crippen molar-refractivity contribution in [3.05, 3.63) is 47.6 Å². The van der Waals surface area contributed by atoms with Crippen molar-refractivity contribution in [3.63, 3.8) is 0 Å². The van der Waals surface area contributed by atoms with Crippen LogP contribution >= 0.6 is 15.6 Å². The first-order valence-corrected chi connectivity index (χ1v) is 11.5. The molecule has 0 heterocycles. The largest absolute Gasteiger partial charge is 0.497 e. The molecule has 0 aliphatic rings. The highest BCUT2D eigenvalue weighted by atomic mass is 31.3. The molecular formula is C17H27NO8P2. The molecule has 1 aromatic rings. The minimum atomic E-state index is -5.09. The molecule has 0 aliphatic heterocycles. The molecule has 28 heavy (non-hydrogen) atoms. The van der Waals surface area contributed by atoms with E-state index in [1.807, 2.05) is 38.1 Å². The maximum atomic E-state index is 11.3. The molecule has 1 atom stereocenters. The highest BCUT2D eigenvalue weighted by Gasteiger charge is 2.31. The molecule has 1 rings (SSSR count). The van der Waals surface area contributed by atoms with Gasteiger partial charge in [0.2, 0.25) is 0 Å². The summed E-state index contributed by atoms with van der Waals surface area (Å²) in [5, 5.41) is 3.31. The van der Waals surface area contributed by atoms with Gasteiger partial charge in [-0.1, -0.05) is 23.3 Å². The van der Waals surface area contributed by atoms with E-state index in [4.69, 9.17) is 19.4 Å². The van der Waals surface area contributed by atoms with Crippen LogP contribution < -0.4 is 10.1 Å². The number of ether oxygens (including phenoxy) is 1. The first kappa shape index (κ1) is 24.6. The van der Waals surface area contributed by atoms with E-state index in [1.54, 1.807) is 13.2 Å². The smallest absolute Gasteiger partial charge is 0.481 e. The van der Waals surface area contributed by atoms with Crippen LogP contribution in [0.5, 0.6) is 5.75 Å². The molecule has 0 aromatic heterocycles. The summed E-state index contributed by atoms with van der Waals surface area (Å²) in [4.78, 5) is 26.2. The number of benzene rings is 1. The van der Waals surface area contributed by atoms with Gasteiger partial charge in [0.1, 0.15) is 5.75 Å². The lowest BCUT2D eigenvalue weighted by Crippen LogP contribution is -2.02. The fraction of sp³-hybridized carbons (Fsp3) is 0.412. The van der Waals surface area contributed by atoms with Crippen molar-refractivity contribution >= 4 is 21.3 Å². The van der Waals surface area contributed by atoms with Gasteiger partial charge in [-0.25, -0.2) is 9.13 Å². The summed E-state index contributed by atoms with van der Waals surface area (Å²) in [6.07, 6.45) is 5.12. The third kappa shape index (κ3) is 11.4. The number of nitrogens with one attached hydrogen (secondary N) is 1. The molecule has 0 radical (unpaired) electrons. The van der Waals surface area contributed by atoms with Crippen LogP contribution in [0.3, 0.4) is 0 Å². The highest BCUT2D eigenvalue weighted by molar-refractivity contribution is 7.60. The second-order valence-corrected chi connectivity index (χ2v) is 8.89. The Morgan fingerprint density at radius 1 is 1.07 bits per heavy atom. The zero-order chi connectivity index (χ0) is 21.2. The van der Waals surface area contributed by atoms with Gasteiger partial charge in [-0.15, -0.1) is 0 Å². The molecule has 0 bridgehead atoms. The van der Waals surface area contributed by atoms with Crippen LogP contribution in [-0.2, 0) is 18.0 Å². The van der Waals surface area contributed by atoms with E-state index in [2.05, 4.69) is 20.2 Å². The topological polar surface area (TPSA) is 135 Å². The van der Waals surface area contributed by atoms with Crippen LogP contribution in [0.2, 0.25) is 0 Å². The van der Waals surface area contributed by atoms with Crippen molar-refractivity contribution < 1.29 is 37.4 Å². The zero-order valence-corrected chi connectivity index (χ0v) is 17.9. The number of phosphoric ester groups is 1. The first-order valence-electron chi connectivity index (χ1n) is 8.44. The third-order valence-corrected chi connectivity index (χ3v) is 5.72. The Morgan fingerprint density at radius 3 is 2.29 bits per heavy atom. The first-order chi connectivity index (χ1) is 13.0. The van der Waals surface area contributed by atoms with Crippen LogP contribution in [0.1, 0.15) is 26.7 Å². The number of methoxy groups -OCH3 is 1. The van der Waals surface area contributed by atoms with Gasteiger partial charge in [-0.05, 0) is 51.0 Å². The number of hydrogen-bond donors (Lipinski definition) is 4. The molecular weight excluding hydrogens is 408 g/mol. The quantitative estimate of drug-likeness (QED) is 0.284. The average molecular weight is 435 g/mol. The molecule has 1 unspecified atom stereocenters. The van der Waals surface area contributed by atoms with Gasteiger partial charge in [0, 0.05) is 12.2 Å². The Labute approximate surface area is 164 Å². The van der Waals surface area contributed by atoms with E-state index in [9.17, 15) is 9.13 Å². The van der Waals surface area contributed by atoms with Gasteiger partial charge in [0.25, 0.3) is 0 Å². The SMILES string of the molecule is COc1ccc(NC/C(C)=C/CC/C(C)=C/COP(=O)(O)OP(=O)(O)O)cc1. The number of allylic oxidation sites excluding steroid dienone is 2. The van der Waals surface area contributed by atoms with Crippen molar-refractivity contribution in [1.82, 2.24) is 0 Å². The lowest BCUT2D eigenvalue weighted by atomic mass is 10.1. The Kier molecular flexibility index (Phi) is 10.1. The Bertz CT molecular complexity index is 770. The van der Waals surface area contributed by atoms with Crippen LogP contribution in [0, 0.1) is 0 Å². The van der Waals surface area contributed by atoms with Crippen molar-refractivity contribution in [3.8, 4) is 5.75 Å². The number of rotatable bonds is 12. The number of anilines is 1. The molecule has 1 aromatic carbocycles. The Morgan fingerprint density at radius 2 is 1.71 bits per heavy atom. The molecule has 158 valence electrons. The van der Waals surface area contributed by atoms with Gasteiger partial charge in [-0.3, -0.25) is 4.52 Å². The third-order valence-electron chi connectivity index (χ3n) is 3.57. The molecule has 0 fully saturated rings. The second-order valence-electron chi connectivity index (χ2n) is 6.06. The zero-order valence-electron chi connectivity index (χ0n) is 16.1. The Hall–Kier alpha value is -1.44. The van der Waals surface area contributed by atoms with Crippen molar-refractivity contribution in [2.75, 3.05) is 25.6 Å². The van der Waals surface area contributed by atoms with Gasteiger partial charge in [-0.2, -0.15) is 4.31 Å². The van der Waals surface area contributed by atoms with E-state index >= 15 is 0 Å². The molecule has 0 saturated carbocycles. The summed E-state index contributed by atoms with van der Waals surface area (Å²) in [6.45, 7) is 4.25. The lowest BCUT2D eigenvalue weighted by Gasteiger charge is -2.11. The van der Waals surface area contributed by atoms with Crippen LogP contribution in [0.4, 0.5) is 5.69 Å². The van der Waals surface area contributed by atoms with Gasteiger partial charge >= 0.3 is 15.6 Å². The Balaban J connectivity index is 2.34. The fourth-order valence-electron chi connectivity index (χ4n) is 2.10. The second kappa shape index (κ2) is 11.5. The summed E-state index contributed by atoms with van der Waals surface area (Å²) in [5.74, 6) is 0.801. The summed E-state index contributed by atoms with van der Waals surface area (Å²) in [7, 11) is -8.26. The summed E-state index contributed by atoms with van der Waals surface area (Å²) >= 11 is 0. The van der Waals surface area contributed by atoms with Gasteiger partial charge in [0.15, 0.2) is 0 Å². The van der Waals surface area contributed by atoms with Crippen LogP contribution in [0.25, 0.3) is 0 Å². The highest BCUT2D eigenvalue weighted by Crippen LogP contribution is 2.57. The molecule has 0 spiro atoms. The van der Waals surface area contributed by atoms with Crippen molar-refractivity contribution in [1.29, 1.82) is 0 Å². The minimum Gasteiger partial charge on any atom is -0.497 e. The average Bonchev–Trinajstić information content (AvgIpc) is 2.58. The summed E-state index contributed by atoms with van der Waals surface area (Å²) in [5.41, 5.74) is 3.06. The predicted octanol–water partition coefficient (Wildman–Crippen LogP) is 4.01. The van der Waals surface area contributed by atoms with Crippen LogP contribution in [0.15, 0.2) is 47.6 Å². The molecule has 0 aliphatic carbocycles. The van der Waals surface area contributed by atoms with E-state index in [0.29, 0.717) is 13.0 Å². The monoisotopic (exact) mass is 435 g/mol. The number of hydrogen-bond acceptors (Lipinski definition) is 6. The summed E-state index contributed by atoms with van der Waals surface area (Å²) in [6, 6.07) is 7.64. The fourth-order valence-corrected chi connectivity index (χ4v) is 3.63. The van der Waals surface area contributed by atoms with Crippen LogP contribution in [-0.4, -0.2) is 34.9 Å². The standard InChI is InChI=1S/C17H27NO8P2/c1-14(11-12-25-28(22,23)26-27(19,20)21)5-4-6-15(2)13-18-16-7-9-17(24-3)10-8-16/h6-11,18H,4-5,12-13H2,1-3H3,(H,22,23)(H2,19,20,21)/b14-11+,15-6+. The maximum Gasteiger partial charge on any atom is 0.481 e. The normalized spacial score (nSPS) is 15.2. The van der Waals surface area contributed by atoms with Crippen molar-refractivity contribution in [2.45, 2.75) is 26.7 Å². The van der Waals surface area contributed by atoms with Gasteiger partial charge < -0.3 is 24.7 Å². The molecule has 9 nitrogen and oxygen atoms in total. The van der Waals surface area contributed by atoms with E-state index in [0.717, 1.165) is 29.0 Å². The van der Waals surface area contributed by atoms with E-state index in [1.165, 1.54) is 0 Å². The molecule has 4 N–H and O–H groups in total. The maximum absolute atomic E-state index is 11.3. The molecule has 0 saturated heterocycles. The summed E-state index contributed by atoms with van der Waals surface area (Å²) < 4.78 is 35.2. The number of phosphoric acid groups is 2. The molecule has 0 amide bonds. The lowest BCUT2D eigenvalue weighted by molar-refractivity contribution is 0.191.